The van der Waals surface area contributed by atoms with Gasteiger partial charge in [0, 0.05) is 5.56 Å². The monoisotopic (exact) mass is 384 g/mol. The summed E-state index contributed by atoms with van der Waals surface area (Å²) < 4.78 is 9.75. The van der Waals surface area contributed by atoms with E-state index < -0.39 is 0 Å². The van der Waals surface area contributed by atoms with E-state index in [0.29, 0.717) is 28.5 Å². The molecule has 1 aromatic carbocycles. The molecule has 0 aliphatic heterocycles. The lowest BCUT2D eigenvalue weighted by atomic mass is 10.2. The number of hydrogen-bond donors (Lipinski definition) is 1. The second kappa shape index (κ2) is 7.90. The maximum Gasteiger partial charge on any atom is 0.293 e. The maximum absolute atomic E-state index is 12.2. The van der Waals surface area contributed by atoms with Crippen molar-refractivity contribution >= 4 is 44.6 Å². The quantitative estimate of drug-likeness (QED) is 0.586. The van der Waals surface area contributed by atoms with Gasteiger partial charge in [-0.2, -0.15) is 0 Å². The summed E-state index contributed by atoms with van der Waals surface area (Å²) in [6.45, 7) is 0.509. The highest BCUT2D eigenvalue weighted by Gasteiger charge is 2.18. The molecule has 0 radical (unpaired) electrons. The Hall–Kier alpha value is -1.93. The predicted octanol–water partition coefficient (Wildman–Crippen LogP) is 3.01. The van der Waals surface area contributed by atoms with Crippen LogP contribution in [0.15, 0.2) is 29.8 Å². The number of aromatic nitrogens is 1. The van der Waals surface area contributed by atoms with Gasteiger partial charge in [-0.1, -0.05) is 15.9 Å². The number of alkyl halides is 1. The lowest BCUT2D eigenvalue weighted by Crippen LogP contribution is -2.13. The van der Waals surface area contributed by atoms with Gasteiger partial charge >= 0.3 is 0 Å². The maximum atomic E-state index is 12.2. The molecular formula is C14H13BrN2O4S. The zero-order chi connectivity index (χ0) is 15.9. The molecule has 0 saturated heterocycles. The average Bonchev–Trinajstić information content (AvgIpc) is 3.00. The van der Waals surface area contributed by atoms with E-state index in [-0.39, 0.29) is 17.3 Å². The standard InChI is InChI=1S/C14H13BrN2O4S/c1-20-10-4-2-9(3-5-10)13(19)17-14-12(16-7-22-14)11(15)6-21-8-18/h2-5,7-8,11H,6H2,1H3,(H,17,19). The van der Waals surface area contributed by atoms with Gasteiger partial charge in [-0.05, 0) is 24.3 Å². The van der Waals surface area contributed by atoms with Gasteiger partial charge in [-0.15, -0.1) is 11.3 Å². The van der Waals surface area contributed by atoms with E-state index in [1.807, 2.05) is 0 Å². The summed E-state index contributed by atoms with van der Waals surface area (Å²) >= 11 is 4.67. The van der Waals surface area contributed by atoms with Gasteiger partial charge in [0.1, 0.15) is 17.4 Å². The first-order chi connectivity index (χ1) is 10.7. The summed E-state index contributed by atoms with van der Waals surface area (Å²) in [5, 5.41) is 3.41. The molecule has 1 N–H and O–H groups in total. The number of anilines is 1. The van der Waals surface area contributed by atoms with Crippen LogP contribution < -0.4 is 10.1 Å². The molecule has 1 aromatic heterocycles. The number of benzene rings is 1. The highest BCUT2D eigenvalue weighted by Crippen LogP contribution is 2.32. The SMILES string of the molecule is COc1ccc(C(=O)Nc2scnc2C(Br)COC=O)cc1. The Morgan fingerprint density at radius 2 is 2.18 bits per heavy atom. The molecule has 1 unspecified atom stereocenters. The molecule has 0 spiro atoms. The molecule has 8 heteroatoms. The second-order valence-electron chi connectivity index (χ2n) is 4.15. The molecule has 1 amide bonds. The predicted molar refractivity (Wildman–Crippen MR) is 86.7 cm³/mol. The van der Waals surface area contributed by atoms with Gasteiger partial charge in [0.25, 0.3) is 12.4 Å². The van der Waals surface area contributed by atoms with Gasteiger partial charge in [0.15, 0.2) is 0 Å². The van der Waals surface area contributed by atoms with Crippen LogP contribution in [-0.2, 0) is 9.53 Å². The van der Waals surface area contributed by atoms with Crippen molar-refractivity contribution in [1.29, 1.82) is 0 Å². The van der Waals surface area contributed by atoms with E-state index in [9.17, 15) is 9.59 Å². The van der Waals surface area contributed by atoms with Crippen molar-refractivity contribution in [1.82, 2.24) is 4.98 Å². The van der Waals surface area contributed by atoms with Crippen LogP contribution in [0, 0.1) is 0 Å². The Morgan fingerprint density at radius 3 is 2.82 bits per heavy atom. The number of rotatable bonds is 7. The number of amides is 1. The lowest BCUT2D eigenvalue weighted by molar-refractivity contribution is -0.128. The minimum atomic E-state index is -0.282. The van der Waals surface area contributed by atoms with Gasteiger partial charge in [0.2, 0.25) is 0 Å². The summed E-state index contributed by atoms with van der Waals surface area (Å²) in [5.41, 5.74) is 2.75. The summed E-state index contributed by atoms with van der Waals surface area (Å²) in [5.74, 6) is 0.436. The number of thiazole rings is 1. The van der Waals surface area contributed by atoms with E-state index >= 15 is 0 Å². The van der Waals surface area contributed by atoms with Gasteiger partial charge in [-0.25, -0.2) is 4.98 Å². The highest BCUT2D eigenvalue weighted by molar-refractivity contribution is 9.09. The first kappa shape index (κ1) is 16.4. The van der Waals surface area contributed by atoms with Crippen LogP contribution in [0.5, 0.6) is 5.75 Å². The fraction of sp³-hybridized carbons (Fsp3) is 0.214. The third-order valence-electron chi connectivity index (χ3n) is 2.78. The van der Waals surface area contributed by atoms with Crippen molar-refractivity contribution in [2.24, 2.45) is 0 Å². The molecule has 116 valence electrons. The minimum absolute atomic E-state index is 0.138. The van der Waals surface area contributed by atoms with E-state index in [1.165, 1.54) is 11.3 Å². The first-order valence-electron chi connectivity index (χ1n) is 6.23. The van der Waals surface area contributed by atoms with Gasteiger partial charge in [0.05, 0.1) is 23.1 Å². The molecule has 0 saturated carbocycles. The van der Waals surface area contributed by atoms with E-state index in [4.69, 9.17) is 9.47 Å². The van der Waals surface area contributed by atoms with Crippen LogP contribution in [0.25, 0.3) is 0 Å². The first-order valence-corrected chi connectivity index (χ1v) is 8.03. The van der Waals surface area contributed by atoms with Gasteiger partial charge in [-0.3, -0.25) is 9.59 Å². The Morgan fingerprint density at radius 1 is 1.45 bits per heavy atom. The summed E-state index contributed by atoms with van der Waals surface area (Å²) in [4.78, 5) is 26.4. The number of methoxy groups -OCH3 is 1. The van der Waals surface area contributed by atoms with E-state index in [0.717, 1.165) is 0 Å². The van der Waals surface area contributed by atoms with Crippen LogP contribution in [0.3, 0.4) is 0 Å². The molecular weight excluding hydrogens is 372 g/mol. The Labute approximate surface area is 139 Å². The van der Waals surface area contributed by atoms with Crippen LogP contribution in [0.2, 0.25) is 0 Å². The van der Waals surface area contributed by atoms with Crippen molar-refractivity contribution in [3.05, 3.63) is 41.0 Å². The van der Waals surface area contributed by atoms with E-state index in [1.54, 1.807) is 36.9 Å². The molecule has 6 nitrogen and oxygen atoms in total. The van der Waals surface area contributed by atoms with E-state index in [2.05, 4.69) is 26.2 Å². The molecule has 1 atom stereocenters. The van der Waals surface area contributed by atoms with Gasteiger partial charge < -0.3 is 14.8 Å². The van der Waals surface area contributed by atoms with Crippen LogP contribution >= 0.6 is 27.3 Å². The molecule has 1 heterocycles. The molecule has 0 aliphatic carbocycles. The largest absolute Gasteiger partial charge is 0.497 e. The molecule has 0 aliphatic rings. The molecule has 0 fully saturated rings. The number of nitrogens with zero attached hydrogens (tertiary/aromatic N) is 1. The second-order valence-corrected chi connectivity index (χ2v) is 6.11. The third-order valence-corrected chi connectivity index (χ3v) is 4.24. The number of hydrogen-bond acceptors (Lipinski definition) is 6. The van der Waals surface area contributed by atoms with Crippen molar-refractivity contribution in [2.45, 2.75) is 4.83 Å². The average molecular weight is 385 g/mol. The summed E-state index contributed by atoms with van der Waals surface area (Å²) in [6, 6.07) is 6.79. The Kier molecular flexibility index (Phi) is 5.91. The van der Waals surface area contributed by atoms with Crippen LogP contribution in [0.4, 0.5) is 5.00 Å². The van der Waals surface area contributed by atoms with Crippen molar-refractivity contribution in [3.8, 4) is 5.75 Å². The Balaban J connectivity index is 2.08. The van der Waals surface area contributed by atoms with Crippen molar-refractivity contribution in [2.75, 3.05) is 19.0 Å². The van der Waals surface area contributed by atoms with Crippen LogP contribution in [0.1, 0.15) is 20.9 Å². The number of halogens is 1. The Bertz CT molecular complexity index is 645. The number of ether oxygens (including phenoxy) is 2. The molecule has 2 aromatic rings. The zero-order valence-electron chi connectivity index (χ0n) is 11.6. The van der Waals surface area contributed by atoms with Crippen molar-refractivity contribution < 1.29 is 19.1 Å². The normalized spacial score (nSPS) is 11.5. The van der Waals surface area contributed by atoms with Crippen molar-refractivity contribution in [3.63, 3.8) is 0 Å². The third kappa shape index (κ3) is 4.05. The number of nitrogens with one attached hydrogen (secondary N) is 1. The minimum Gasteiger partial charge on any atom is -0.497 e. The topological polar surface area (TPSA) is 77.5 Å². The number of carbonyl (C=O) groups is 2. The fourth-order valence-electron chi connectivity index (χ4n) is 1.69. The summed E-state index contributed by atoms with van der Waals surface area (Å²) in [7, 11) is 1.57. The zero-order valence-corrected chi connectivity index (χ0v) is 14.0. The summed E-state index contributed by atoms with van der Waals surface area (Å²) in [6.07, 6.45) is 0. The number of carbonyl (C=O) groups excluding carboxylic acids is 2. The van der Waals surface area contributed by atoms with Crippen LogP contribution in [-0.4, -0.2) is 31.1 Å². The molecule has 22 heavy (non-hydrogen) atoms. The smallest absolute Gasteiger partial charge is 0.293 e. The molecule has 2 rings (SSSR count). The fourth-order valence-corrected chi connectivity index (χ4v) is 3.08. The lowest BCUT2D eigenvalue weighted by Gasteiger charge is -2.09. The highest BCUT2D eigenvalue weighted by atomic mass is 79.9. The molecule has 0 bridgehead atoms.